The van der Waals surface area contributed by atoms with Crippen molar-refractivity contribution >= 4 is 15.9 Å². The van der Waals surface area contributed by atoms with Crippen LogP contribution in [0.25, 0.3) is 0 Å². The van der Waals surface area contributed by atoms with Gasteiger partial charge in [0, 0.05) is 10.2 Å². The maximum atomic E-state index is 4.08. The smallest absolute Gasteiger partial charge is 0.0451 e. The molecule has 2 fully saturated rings. The largest absolute Gasteiger partial charge is 0.0981 e. The monoisotopic (exact) mass is 200 g/mol. The summed E-state index contributed by atoms with van der Waals surface area (Å²) < 4.78 is 0. The highest BCUT2D eigenvalue weighted by Crippen LogP contribution is 2.63. The molecule has 0 amide bonds. The van der Waals surface area contributed by atoms with Crippen molar-refractivity contribution < 1.29 is 0 Å². The quantitative estimate of drug-likeness (QED) is 0.416. The van der Waals surface area contributed by atoms with Crippen LogP contribution < -0.4 is 0 Å². The van der Waals surface area contributed by atoms with Crippen LogP contribution in [0.15, 0.2) is 12.2 Å². The average molecular weight is 201 g/mol. The Balaban J connectivity index is 2.10. The maximum Gasteiger partial charge on any atom is 0.0451 e. The van der Waals surface area contributed by atoms with Gasteiger partial charge in [-0.05, 0) is 12.8 Å². The summed E-state index contributed by atoms with van der Waals surface area (Å²) in [6.45, 7) is 4.08. The number of alkyl halides is 1. The zero-order chi connectivity index (χ0) is 7.19. The standard InChI is InChI=1S/C9H13Br/c1-7-8(10)9(7)5-3-2-4-6-9/h8H,1-6H2. The van der Waals surface area contributed by atoms with Crippen LogP contribution in [0.4, 0.5) is 0 Å². The summed E-state index contributed by atoms with van der Waals surface area (Å²) in [6.07, 6.45) is 7.06. The van der Waals surface area contributed by atoms with Crippen LogP contribution in [0, 0.1) is 5.41 Å². The fraction of sp³-hybridized carbons (Fsp3) is 0.778. The lowest BCUT2D eigenvalue weighted by Gasteiger charge is -2.20. The minimum Gasteiger partial charge on any atom is -0.0981 e. The van der Waals surface area contributed by atoms with Gasteiger partial charge in [-0.25, -0.2) is 0 Å². The van der Waals surface area contributed by atoms with E-state index in [4.69, 9.17) is 0 Å². The number of hydrogen-bond acceptors (Lipinski definition) is 0. The molecule has 0 bridgehead atoms. The van der Waals surface area contributed by atoms with E-state index in [1.807, 2.05) is 0 Å². The van der Waals surface area contributed by atoms with Gasteiger partial charge in [-0.2, -0.15) is 0 Å². The Hall–Kier alpha value is 0.220. The van der Waals surface area contributed by atoms with Crippen molar-refractivity contribution in [3.63, 3.8) is 0 Å². The second-order valence-corrected chi connectivity index (χ2v) is 4.52. The molecule has 2 aliphatic carbocycles. The topological polar surface area (TPSA) is 0 Å². The summed E-state index contributed by atoms with van der Waals surface area (Å²) in [7, 11) is 0. The summed E-state index contributed by atoms with van der Waals surface area (Å²) in [5.74, 6) is 0. The Kier molecular flexibility index (Phi) is 1.45. The Labute approximate surface area is 70.8 Å². The lowest BCUT2D eigenvalue weighted by Crippen LogP contribution is -2.09. The molecule has 0 aromatic rings. The van der Waals surface area contributed by atoms with E-state index in [0.717, 1.165) is 0 Å². The molecule has 2 rings (SSSR count). The molecule has 1 atom stereocenters. The lowest BCUT2D eigenvalue weighted by molar-refractivity contribution is 0.358. The molecule has 0 saturated heterocycles. The molecule has 1 spiro atoms. The van der Waals surface area contributed by atoms with Crippen LogP contribution in [-0.2, 0) is 0 Å². The third-order valence-corrected chi connectivity index (χ3v) is 4.52. The molecule has 0 heterocycles. The molecule has 0 aromatic carbocycles. The number of halogens is 1. The van der Waals surface area contributed by atoms with Crippen LogP contribution >= 0.6 is 15.9 Å². The van der Waals surface area contributed by atoms with E-state index in [9.17, 15) is 0 Å². The number of rotatable bonds is 0. The second-order valence-electron chi connectivity index (χ2n) is 3.60. The van der Waals surface area contributed by atoms with Crippen LogP contribution in [0.5, 0.6) is 0 Å². The first-order valence-electron chi connectivity index (χ1n) is 4.11. The predicted molar refractivity (Wildman–Crippen MR) is 47.4 cm³/mol. The Morgan fingerprint density at radius 2 is 1.80 bits per heavy atom. The highest BCUT2D eigenvalue weighted by Gasteiger charge is 2.56. The van der Waals surface area contributed by atoms with E-state index in [-0.39, 0.29) is 0 Å². The molecule has 2 aliphatic rings. The van der Waals surface area contributed by atoms with Crippen LogP contribution in [0.2, 0.25) is 0 Å². The average Bonchev–Trinajstić information content (AvgIpc) is 2.45. The molecular formula is C9H13Br. The van der Waals surface area contributed by atoms with Crippen molar-refractivity contribution in [2.75, 3.05) is 0 Å². The van der Waals surface area contributed by atoms with E-state index in [1.54, 1.807) is 0 Å². The van der Waals surface area contributed by atoms with Crippen molar-refractivity contribution in [1.82, 2.24) is 0 Å². The van der Waals surface area contributed by atoms with Crippen LogP contribution in [0.1, 0.15) is 32.1 Å². The molecule has 0 aliphatic heterocycles. The van der Waals surface area contributed by atoms with Crippen molar-refractivity contribution in [3.8, 4) is 0 Å². The van der Waals surface area contributed by atoms with Crippen molar-refractivity contribution in [3.05, 3.63) is 12.2 Å². The Bertz CT molecular complexity index is 166. The molecule has 0 radical (unpaired) electrons. The minimum absolute atomic E-state index is 0.568. The van der Waals surface area contributed by atoms with Gasteiger partial charge >= 0.3 is 0 Å². The van der Waals surface area contributed by atoms with Gasteiger partial charge in [0.05, 0.1) is 0 Å². The summed E-state index contributed by atoms with van der Waals surface area (Å²) in [4.78, 5) is 0.667. The SMILES string of the molecule is C=C1C(Br)C12CCCCC2. The van der Waals surface area contributed by atoms with Gasteiger partial charge in [-0.1, -0.05) is 47.3 Å². The van der Waals surface area contributed by atoms with Crippen molar-refractivity contribution in [2.45, 2.75) is 36.9 Å². The van der Waals surface area contributed by atoms with Gasteiger partial charge < -0.3 is 0 Å². The summed E-state index contributed by atoms with van der Waals surface area (Å²) in [6, 6.07) is 0. The second kappa shape index (κ2) is 2.10. The molecule has 56 valence electrons. The van der Waals surface area contributed by atoms with Gasteiger partial charge in [-0.3, -0.25) is 0 Å². The van der Waals surface area contributed by atoms with E-state index in [1.165, 1.54) is 37.7 Å². The fourth-order valence-electron chi connectivity index (χ4n) is 2.20. The fourth-order valence-corrected chi connectivity index (χ4v) is 3.28. The maximum absolute atomic E-state index is 4.08. The highest BCUT2D eigenvalue weighted by molar-refractivity contribution is 9.10. The van der Waals surface area contributed by atoms with E-state index >= 15 is 0 Å². The van der Waals surface area contributed by atoms with Gasteiger partial charge in [0.15, 0.2) is 0 Å². The van der Waals surface area contributed by atoms with E-state index < -0.39 is 0 Å². The third kappa shape index (κ3) is 0.730. The summed E-state index contributed by atoms with van der Waals surface area (Å²) in [5, 5.41) is 0. The molecule has 0 N–H and O–H groups in total. The van der Waals surface area contributed by atoms with E-state index in [2.05, 4.69) is 22.5 Å². The van der Waals surface area contributed by atoms with Crippen LogP contribution in [-0.4, -0.2) is 4.83 Å². The summed E-state index contributed by atoms with van der Waals surface area (Å²) in [5.41, 5.74) is 2.03. The molecule has 0 aromatic heterocycles. The number of allylic oxidation sites excluding steroid dienone is 1. The van der Waals surface area contributed by atoms with Crippen molar-refractivity contribution in [2.24, 2.45) is 5.41 Å². The molecule has 10 heavy (non-hydrogen) atoms. The Morgan fingerprint density at radius 1 is 1.30 bits per heavy atom. The zero-order valence-electron chi connectivity index (χ0n) is 6.20. The van der Waals surface area contributed by atoms with Gasteiger partial charge in [0.25, 0.3) is 0 Å². The molecule has 2 saturated carbocycles. The van der Waals surface area contributed by atoms with E-state index in [0.29, 0.717) is 10.2 Å². The molecule has 1 heteroatoms. The third-order valence-electron chi connectivity index (χ3n) is 3.09. The highest BCUT2D eigenvalue weighted by atomic mass is 79.9. The van der Waals surface area contributed by atoms with Crippen molar-refractivity contribution in [1.29, 1.82) is 0 Å². The molecule has 0 nitrogen and oxygen atoms in total. The van der Waals surface area contributed by atoms with Crippen LogP contribution in [0.3, 0.4) is 0 Å². The molecule has 1 unspecified atom stereocenters. The lowest BCUT2D eigenvalue weighted by atomic mass is 9.86. The summed E-state index contributed by atoms with van der Waals surface area (Å²) >= 11 is 3.67. The van der Waals surface area contributed by atoms with Gasteiger partial charge in [-0.15, -0.1) is 0 Å². The van der Waals surface area contributed by atoms with Gasteiger partial charge in [0.2, 0.25) is 0 Å². The number of hydrogen-bond donors (Lipinski definition) is 0. The normalized spacial score (nSPS) is 36.5. The van der Waals surface area contributed by atoms with Gasteiger partial charge in [0.1, 0.15) is 0 Å². The first-order chi connectivity index (χ1) is 4.77. The minimum atomic E-state index is 0.568. The zero-order valence-corrected chi connectivity index (χ0v) is 7.78. The first-order valence-corrected chi connectivity index (χ1v) is 5.02. The predicted octanol–water partition coefficient (Wildman–Crippen LogP) is 3.27. The first kappa shape index (κ1) is 6.90. The Morgan fingerprint density at radius 3 is 2.10 bits per heavy atom. The molecular weight excluding hydrogens is 188 g/mol.